The summed E-state index contributed by atoms with van der Waals surface area (Å²) in [6, 6.07) is 5.86. The Balaban J connectivity index is 1.36. The Morgan fingerprint density at radius 2 is 1.82 bits per heavy atom. The first-order valence-corrected chi connectivity index (χ1v) is 11.2. The second kappa shape index (κ2) is 6.40. The molecule has 0 saturated carbocycles. The number of piperazine rings is 1. The topological polar surface area (TPSA) is 96.6 Å². The van der Waals surface area contributed by atoms with E-state index in [1.54, 1.807) is 6.20 Å². The summed E-state index contributed by atoms with van der Waals surface area (Å²) in [5.41, 5.74) is 3.42. The quantitative estimate of drug-likeness (QED) is 0.619. The Morgan fingerprint density at radius 1 is 1.04 bits per heavy atom. The monoisotopic (exact) mass is 399 g/mol. The lowest BCUT2D eigenvalue weighted by Gasteiger charge is -2.36. The molecule has 0 unspecified atom stereocenters. The van der Waals surface area contributed by atoms with Gasteiger partial charge in [0.25, 0.3) is 0 Å². The fraction of sp³-hybridized carbons (Fsp3) is 0.444. The molecule has 10 heteroatoms. The van der Waals surface area contributed by atoms with Crippen molar-refractivity contribution in [3.05, 3.63) is 41.3 Å². The number of rotatable bonds is 2. The smallest absolute Gasteiger partial charge is 0.157 e. The normalized spacial score (nSPS) is 19.0. The molecule has 1 fully saturated rings. The molecule has 3 aromatic heterocycles. The number of sulfone groups is 1. The van der Waals surface area contributed by atoms with E-state index in [1.165, 1.54) is 0 Å². The van der Waals surface area contributed by atoms with Gasteiger partial charge in [-0.2, -0.15) is 14.7 Å². The first-order valence-electron chi connectivity index (χ1n) is 9.36. The molecule has 1 saturated heterocycles. The Labute approximate surface area is 162 Å². The summed E-state index contributed by atoms with van der Waals surface area (Å²) < 4.78 is 25.7. The molecule has 5 heterocycles. The van der Waals surface area contributed by atoms with E-state index in [-0.39, 0.29) is 11.5 Å². The summed E-state index contributed by atoms with van der Waals surface area (Å²) >= 11 is 0. The van der Waals surface area contributed by atoms with Gasteiger partial charge in [-0.1, -0.05) is 0 Å². The lowest BCUT2D eigenvalue weighted by atomic mass is 10.2. The van der Waals surface area contributed by atoms with Crippen LogP contribution in [0, 0.1) is 6.92 Å². The SMILES string of the molecule is Cc1cc(N2CCN(c3cc4c(nn3)CCS(=O)(=O)C4)CC2)n2nccc2n1. The van der Waals surface area contributed by atoms with E-state index in [1.807, 2.05) is 23.6 Å². The Morgan fingerprint density at radius 3 is 2.64 bits per heavy atom. The fourth-order valence-electron chi connectivity index (χ4n) is 3.90. The van der Waals surface area contributed by atoms with Crippen molar-refractivity contribution in [2.24, 2.45) is 0 Å². The van der Waals surface area contributed by atoms with Crippen LogP contribution in [0.25, 0.3) is 5.65 Å². The molecule has 0 atom stereocenters. The molecule has 9 nitrogen and oxygen atoms in total. The van der Waals surface area contributed by atoms with Crippen LogP contribution in [-0.2, 0) is 22.0 Å². The second-order valence-electron chi connectivity index (χ2n) is 7.35. The van der Waals surface area contributed by atoms with E-state index in [4.69, 9.17) is 0 Å². The van der Waals surface area contributed by atoms with Crippen molar-refractivity contribution in [3.8, 4) is 0 Å². The van der Waals surface area contributed by atoms with E-state index in [2.05, 4.69) is 36.1 Å². The van der Waals surface area contributed by atoms with Crippen molar-refractivity contribution in [2.75, 3.05) is 41.7 Å². The molecular formula is C18H21N7O2S. The molecule has 2 aliphatic heterocycles. The van der Waals surface area contributed by atoms with E-state index >= 15 is 0 Å². The van der Waals surface area contributed by atoms with Gasteiger partial charge in [0.2, 0.25) is 0 Å². The van der Waals surface area contributed by atoms with Crippen LogP contribution in [0.3, 0.4) is 0 Å². The number of aryl methyl sites for hydroxylation is 2. The van der Waals surface area contributed by atoms with Crippen LogP contribution in [0.4, 0.5) is 11.6 Å². The van der Waals surface area contributed by atoms with Gasteiger partial charge in [0.1, 0.15) is 5.82 Å². The first kappa shape index (κ1) is 17.4. The summed E-state index contributed by atoms with van der Waals surface area (Å²) in [5.74, 6) is 2.03. The van der Waals surface area contributed by atoms with Crippen LogP contribution in [-0.4, -0.2) is 65.1 Å². The predicted molar refractivity (Wildman–Crippen MR) is 105 cm³/mol. The zero-order chi connectivity index (χ0) is 19.3. The summed E-state index contributed by atoms with van der Waals surface area (Å²) in [4.78, 5) is 8.96. The van der Waals surface area contributed by atoms with Crippen molar-refractivity contribution in [2.45, 2.75) is 19.1 Å². The molecule has 2 aliphatic rings. The second-order valence-corrected chi connectivity index (χ2v) is 9.53. The molecule has 0 aromatic carbocycles. The van der Waals surface area contributed by atoms with E-state index in [0.717, 1.165) is 60.4 Å². The average molecular weight is 399 g/mol. The standard InChI is InChI=1S/C18H21N7O2S/c1-13-10-18(25-16(20-13)2-4-19-25)24-7-5-23(6-8-24)17-11-14-12-28(26,27)9-3-15(14)21-22-17/h2,4,10-11H,3,5-9,12H2,1H3. The maximum atomic E-state index is 11.9. The number of nitrogens with zero attached hydrogens (tertiary/aromatic N) is 7. The van der Waals surface area contributed by atoms with E-state index < -0.39 is 9.84 Å². The summed E-state index contributed by atoms with van der Waals surface area (Å²) in [6.45, 7) is 5.18. The minimum absolute atomic E-state index is 0.0678. The number of fused-ring (bicyclic) bond motifs is 2. The molecule has 0 aliphatic carbocycles. The molecule has 146 valence electrons. The predicted octanol–water partition coefficient (Wildman–Crippen LogP) is 0.625. The van der Waals surface area contributed by atoms with Crippen molar-refractivity contribution < 1.29 is 8.42 Å². The average Bonchev–Trinajstić information content (AvgIpc) is 3.14. The Hall–Kier alpha value is -2.75. The van der Waals surface area contributed by atoms with Crippen molar-refractivity contribution in [1.82, 2.24) is 24.8 Å². The molecular weight excluding hydrogens is 378 g/mol. The minimum Gasteiger partial charge on any atom is -0.353 e. The van der Waals surface area contributed by atoms with Gasteiger partial charge in [-0.25, -0.2) is 13.4 Å². The van der Waals surface area contributed by atoms with Crippen LogP contribution in [0.2, 0.25) is 0 Å². The van der Waals surface area contributed by atoms with Gasteiger partial charge in [0.15, 0.2) is 21.3 Å². The zero-order valence-corrected chi connectivity index (χ0v) is 16.4. The summed E-state index contributed by atoms with van der Waals surface area (Å²) in [5, 5.41) is 13.0. The summed E-state index contributed by atoms with van der Waals surface area (Å²) in [7, 11) is -3.02. The van der Waals surface area contributed by atoms with E-state index in [0.29, 0.717) is 6.42 Å². The largest absolute Gasteiger partial charge is 0.353 e. The third kappa shape index (κ3) is 3.07. The number of hydrogen-bond acceptors (Lipinski definition) is 8. The highest BCUT2D eigenvalue weighted by molar-refractivity contribution is 7.90. The van der Waals surface area contributed by atoms with Gasteiger partial charge in [-0.3, -0.25) is 0 Å². The maximum absolute atomic E-state index is 11.9. The fourth-order valence-corrected chi connectivity index (χ4v) is 5.28. The van der Waals surface area contributed by atoms with Crippen LogP contribution < -0.4 is 9.80 Å². The number of aromatic nitrogens is 5. The van der Waals surface area contributed by atoms with Crippen LogP contribution in [0.5, 0.6) is 0 Å². The molecule has 0 spiro atoms. The van der Waals surface area contributed by atoms with Gasteiger partial charge < -0.3 is 9.80 Å². The van der Waals surface area contributed by atoms with Crippen LogP contribution in [0.15, 0.2) is 24.4 Å². The molecule has 5 rings (SSSR count). The summed E-state index contributed by atoms with van der Waals surface area (Å²) in [6.07, 6.45) is 2.22. The highest BCUT2D eigenvalue weighted by Crippen LogP contribution is 2.24. The number of anilines is 2. The van der Waals surface area contributed by atoms with Crippen molar-refractivity contribution >= 4 is 27.1 Å². The van der Waals surface area contributed by atoms with Crippen molar-refractivity contribution in [3.63, 3.8) is 0 Å². The highest BCUT2D eigenvalue weighted by Gasteiger charge is 2.26. The Bertz CT molecular complexity index is 1150. The van der Waals surface area contributed by atoms with Crippen LogP contribution in [0.1, 0.15) is 17.0 Å². The van der Waals surface area contributed by atoms with Gasteiger partial charge >= 0.3 is 0 Å². The van der Waals surface area contributed by atoms with Crippen molar-refractivity contribution in [1.29, 1.82) is 0 Å². The molecule has 0 radical (unpaired) electrons. The molecule has 0 bridgehead atoms. The zero-order valence-electron chi connectivity index (χ0n) is 15.6. The molecule has 3 aromatic rings. The minimum atomic E-state index is -3.02. The molecule has 28 heavy (non-hydrogen) atoms. The van der Waals surface area contributed by atoms with E-state index in [9.17, 15) is 8.42 Å². The third-order valence-electron chi connectivity index (χ3n) is 5.37. The van der Waals surface area contributed by atoms with Crippen LogP contribution >= 0.6 is 0 Å². The van der Waals surface area contributed by atoms with Gasteiger partial charge in [0.05, 0.1) is 23.4 Å². The maximum Gasteiger partial charge on any atom is 0.157 e. The molecule has 0 amide bonds. The Kier molecular flexibility index (Phi) is 3.97. The third-order valence-corrected chi connectivity index (χ3v) is 6.95. The first-order chi connectivity index (χ1) is 13.5. The highest BCUT2D eigenvalue weighted by atomic mass is 32.2. The molecule has 0 N–H and O–H groups in total. The lowest BCUT2D eigenvalue weighted by Crippen LogP contribution is -2.47. The number of hydrogen-bond donors (Lipinski definition) is 0. The lowest BCUT2D eigenvalue weighted by molar-refractivity contribution is 0.589. The van der Waals surface area contributed by atoms with Gasteiger partial charge in [-0.15, -0.1) is 5.10 Å². The van der Waals surface area contributed by atoms with Gasteiger partial charge in [-0.05, 0) is 18.6 Å². The van der Waals surface area contributed by atoms with Gasteiger partial charge in [0, 0.05) is 50.4 Å².